The quantitative estimate of drug-likeness (QED) is 0.487. The molecule has 3 rings (SSSR count). The van der Waals surface area contributed by atoms with Crippen LogP contribution >= 0.6 is 35.3 Å². The van der Waals surface area contributed by atoms with E-state index < -0.39 is 0 Å². The van der Waals surface area contributed by atoms with Crippen molar-refractivity contribution in [3.8, 4) is 0 Å². The van der Waals surface area contributed by atoms with Gasteiger partial charge in [-0.3, -0.25) is 9.69 Å². The first-order valence-corrected chi connectivity index (χ1v) is 10.3. The summed E-state index contributed by atoms with van der Waals surface area (Å²) in [7, 11) is 4.06. The Morgan fingerprint density at radius 2 is 1.89 bits per heavy atom. The number of nitrogens with zero attached hydrogens (tertiary/aromatic N) is 3. The molecule has 28 heavy (non-hydrogen) atoms. The van der Waals surface area contributed by atoms with Gasteiger partial charge in [0.25, 0.3) is 5.91 Å². The van der Waals surface area contributed by atoms with Gasteiger partial charge in [-0.05, 0) is 63.3 Å². The zero-order valence-electron chi connectivity index (χ0n) is 16.3. The molecule has 7 heteroatoms. The summed E-state index contributed by atoms with van der Waals surface area (Å²) in [5, 5.41) is 1.19. The lowest BCUT2D eigenvalue weighted by atomic mass is 10.2. The van der Waals surface area contributed by atoms with Crippen LogP contribution in [0.15, 0.2) is 42.5 Å². The van der Waals surface area contributed by atoms with Crippen molar-refractivity contribution in [3.05, 3.63) is 58.6 Å². The topological polar surface area (TPSA) is 36.4 Å². The van der Waals surface area contributed by atoms with Crippen LogP contribution in [0.5, 0.6) is 0 Å². The number of carbonyl (C=O) groups is 1. The van der Waals surface area contributed by atoms with E-state index in [1.807, 2.05) is 32.3 Å². The highest BCUT2D eigenvalue weighted by Crippen LogP contribution is 2.31. The number of carbonyl (C=O) groups excluding carboxylic acids is 1. The molecule has 0 saturated heterocycles. The molecule has 0 N–H and O–H groups in total. The zero-order chi connectivity index (χ0) is 19.4. The number of hydrogen-bond donors (Lipinski definition) is 0. The van der Waals surface area contributed by atoms with Crippen LogP contribution in [0.4, 0.5) is 5.13 Å². The van der Waals surface area contributed by atoms with E-state index in [0.717, 1.165) is 34.7 Å². The molecule has 4 nitrogen and oxygen atoms in total. The summed E-state index contributed by atoms with van der Waals surface area (Å²) < 4.78 is 1.11. The third kappa shape index (κ3) is 5.23. The molecule has 0 unspecified atom stereocenters. The van der Waals surface area contributed by atoms with Gasteiger partial charge in [-0.25, -0.2) is 4.98 Å². The lowest BCUT2D eigenvalue weighted by Crippen LogP contribution is -2.33. The number of rotatable bonds is 7. The number of aryl methyl sites for hydroxylation is 1. The number of thiazole rings is 1. The first-order valence-electron chi connectivity index (χ1n) is 9.10. The van der Waals surface area contributed by atoms with Gasteiger partial charge in [-0.2, -0.15) is 0 Å². The Hall–Kier alpha value is -1.66. The van der Waals surface area contributed by atoms with E-state index in [-0.39, 0.29) is 18.3 Å². The highest BCUT2D eigenvalue weighted by atomic mass is 35.5. The summed E-state index contributed by atoms with van der Waals surface area (Å²) in [4.78, 5) is 21.8. The lowest BCUT2D eigenvalue weighted by Gasteiger charge is -2.21. The molecule has 0 aliphatic rings. The molecule has 0 bridgehead atoms. The minimum Gasteiger partial charge on any atom is -0.309 e. The maximum absolute atomic E-state index is 13.2. The SMILES string of the molecule is CCc1ccc2nc(N(CCCN(C)C)C(=O)c3ccccc3Cl)sc2c1.Cl. The molecule has 0 fully saturated rings. The number of halogens is 2. The van der Waals surface area contributed by atoms with Crippen molar-refractivity contribution in [2.45, 2.75) is 19.8 Å². The average molecular weight is 438 g/mol. The van der Waals surface area contributed by atoms with Crippen LogP contribution in [-0.2, 0) is 6.42 Å². The maximum atomic E-state index is 13.2. The van der Waals surface area contributed by atoms with Crippen LogP contribution in [0.2, 0.25) is 5.02 Å². The van der Waals surface area contributed by atoms with Crippen molar-refractivity contribution in [2.75, 3.05) is 32.1 Å². The highest BCUT2D eigenvalue weighted by molar-refractivity contribution is 7.22. The molecule has 3 aromatic rings. The van der Waals surface area contributed by atoms with Crippen LogP contribution in [0.3, 0.4) is 0 Å². The predicted octanol–water partition coefficient (Wildman–Crippen LogP) is 5.53. The smallest absolute Gasteiger partial charge is 0.261 e. The van der Waals surface area contributed by atoms with E-state index in [4.69, 9.17) is 16.6 Å². The highest BCUT2D eigenvalue weighted by Gasteiger charge is 2.22. The van der Waals surface area contributed by atoms with Gasteiger partial charge in [0.05, 0.1) is 20.8 Å². The van der Waals surface area contributed by atoms with E-state index in [0.29, 0.717) is 17.1 Å². The summed E-state index contributed by atoms with van der Waals surface area (Å²) in [6, 6.07) is 13.5. The standard InChI is InChI=1S/C21H24ClN3OS.ClH/c1-4-15-10-11-18-19(14-15)27-21(23-18)25(13-7-12-24(2)3)20(26)16-8-5-6-9-17(16)22;/h5-6,8-11,14H,4,7,12-13H2,1-3H3;1H. The normalized spacial score (nSPS) is 10.9. The van der Waals surface area contributed by atoms with Crippen molar-refractivity contribution in [3.63, 3.8) is 0 Å². The van der Waals surface area contributed by atoms with Gasteiger partial charge in [0.15, 0.2) is 5.13 Å². The van der Waals surface area contributed by atoms with Crippen molar-refractivity contribution < 1.29 is 4.79 Å². The summed E-state index contributed by atoms with van der Waals surface area (Å²) in [5.74, 6) is -0.103. The van der Waals surface area contributed by atoms with Crippen LogP contribution in [0.1, 0.15) is 29.3 Å². The van der Waals surface area contributed by atoms with Gasteiger partial charge >= 0.3 is 0 Å². The van der Waals surface area contributed by atoms with Crippen LogP contribution in [0.25, 0.3) is 10.2 Å². The molecule has 0 aliphatic carbocycles. The van der Waals surface area contributed by atoms with Crippen LogP contribution < -0.4 is 4.90 Å². The molecular formula is C21H25Cl2N3OS. The number of anilines is 1. The molecule has 0 radical (unpaired) electrons. The Kier molecular flexibility index (Phi) is 8.25. The second-order valence-electron chi connectivity index (χ2n) is 6.75. The van der Waals surface area contributed by atoms with Gasteiger partial charge in [0.2, 0.25) is 0 Å². The Morgan fingerprint density at radius 3 is 2.57 bits per heavy atom. The lowest BCUT2D eigenvalue weighted by molar-refractivity contribution is 0.0986. The molecule has 1 amide bonds. The first kappa shape index (κ1) is 22.6. The largest absolute Gasteiger partial charge is 0.309 e. The van der Waals surface area contributed by atoms with Gasteiger partial charge < -0.3 is 4.90 Å². The predicted molar refractivity (Wildman–Crippen MR) is 123 cm³/mol. The molecule has 1 aromatic heterocycles. The van der Waals surface area contributed by atoms with Gasteiger partial charge in [0, 0.05) is 6.54 Å². The molecule has 2 aromatic carbocycles. The molecule has 0 saturated carbocycles. The first-order chi connectivity index (χ1) is 13.0. The molecule has 0 aliphatic heterocycles. The number of aromatic nitrogens is 1. The van der Waals surface area contributed by atoms with Crippen molar-refractivity contribution in [2.24, 2.45) is 0 Å². The average Bonchev–Trinajstić information content (AvgIpc) is 3.07. The number of benzene rings is 2. The fraction of sp³-hybridized carbons (Fsp3) is 0.333. The third-order valence-corrected chi connectivity index (χ3v) is 5.79. The fourth-order valence-corrected chi connectivity index (χ4v) is 4.17. The monoisotopic (exact) mass is 437 g/mol. The number of hydrogen-bond acceptors (Lipinski definition) is 4. The molecular weight excluding hydrogens is 413 g/mol. The Labute approximate surface area is 181 Å². The van der Waals surface area contributed by atoms with Crippen LogP contribution in [-0.4, -0.2) is 43.0 Å². The molecule has 0 atom stereocenters. The van der Waals surface area contributed by atoms with Gasteiger partial charge in [-0.1, -0.05) is 48.1 Å². The molecule has 1 heterocycles. The van der Waals surface area contributed by atoms with E-state index in [9.17, 15) is 4.79 Å². The van der Waals surface area contributed by atoms with Crippen molar-refractivity contribution in [1.29, 1.82) is 0 Å². The third-order valence-electron chi connectivity index (χ3n) is 4.42. The van der Waals surface area contributed by atoms with E-state index in [1.165, 1.54) is 5.56 Å². The molecule has 150 valence electrons. The van der Waals surface area contributed by atoms with Crippen LogP contribution in [0, 0.1) is 0 Å². The van der Waals surface area contributed by atoms with Gasteiger partial charge in [-0.15, -0.1) is 12.4 Å². The Morgan fingerprint density at radius 1 is 1.14 bits per heavy atom. The minimum absolute atomic E-state index is 0. The summed E-state index contributed by atoms with van der Waals surface area (Å²) in [6.45, 7) is 3.64. The minimum atomic E-state index is -0.103. The zero-order valence-corrected chi connectivity index (χ0v) is 18.7. The van der Waals surface area contributed by atoms with E-state index >= 15 is 0 Å². The second kappa shape index (κ2) is 10.2. The molecule has 0 spiro atoms. The fourth-order valence-electron chi connectivity index (χ4n) is 2.90. The number of fused-ring (bicyclic) bond motifs is 1. The summed E-state index contributed by atoms with van der Waals surface area (Å²) in [6.07, 6.45) is 1.84. The van der Waals surface area contributed by atoms with Crippen molar-refractivity contribution >= 4 is 56.6 Å². The summed E-state index contributed by atoms with van der Waals surface area (Å²) in [5.41, 5.74) is 2.71. The van der Waals surface area contributed by atoms with Crippen molar-refractivity contribution in [1.82, 2.24) is 9.88 Å². The van der Waals surface area contributed by atoms with E-state index in [2.05, 4.69) is 24.0 Å². The summed E-state index contributed by atoms with van der Waals surface area (Å²) >= 11 is 7.84. The Balaban J connectivity index is 0.00000280. The Bertz CT molecular complexity index is 942. The van der Waals surface area contributed by atoms with E-state index in [1.54, 1.807) is 28.4 Å². The maximum Gasteiger partial charge on any atom is 0.261 e. The number of amides is 1. The van der Waals surface area contributed by atoms with Gasteiger partial charge in [0.1, 0.15) is 0 Å². The second-order valence-corrected chi connectivity index (χ2v) is 8.16.